The normalized spacial score (nSPS) is 11.6. The third kappa shape index (κ3) is 2.81. The maximum Gasteiger partial charge on any atom is 0.244 e. The number of sulfonamides is 1. The number of pyridine rings is 1. The number of hydrogen-bond donors (Lipinski definition) is 2. The van der Waals surface area contributed by atoms with E-state index in [4.69, 9.17) is 10.3 Å². The fourth-order valence-electron chi connectivity index (χ4n) is 1.31. The number of hydrogen-bond acceptors (Lipinski definition) is 7. The zero-order chi connectivity index (χ0) is 13.0. The zero-order valence-electron chi connectivity index (χ0n) is 9.28. The van der Waals surface area contributed by atoms with E-state index in [0.29, 0.717) is 12.3 Å². The molecule has 0 amide bonds. The zero-order valence-corrected chi connectivity index (χ0v) is 10.1. The van der Waals surface area contributed by atoms with Gasteiger partial charge in [0.25, 0.3) is 0 Å². The molecular weight excluding hydrogens is 258 g/mol. The molecule has 0 aliphatic carbocycles. The molecule has 2 heterocycles. The number of nitrogen functional groups attached to an aromatic ring is 1. The van der Waals surface area contributed by atoms with Gasteiger partial charge in [0.15, 0.2) is 6.33 Å². The molecule has 2 rings (SSSR count). The summed E-state index contributed by atoms with van der Waals surface area (Å²) in [5, 5.41) is 3.42. The molecule has 2 aromatic heterocycles. The van der Waals surface area contributed by atoms with E-state index in [-0.39, 0.29) is 17.3 Å². The summed E-state index contributed by atoms with van der Waals surface area (Å²) in [5.41, 5.74) is 5.50. The summed E-state index contributed by atoms with van der Waals surface area (Å²) in [7, 11) is -3.67. The molecule has 0 fully saturated rings. The van der Waals surface area contributed by atoms with Crippen LogP contribution in [0.4, 0.5) is 5.82 Å². The van der Waals surface area contributed by atoms with Crippen LogP contribution in [-0.4, -0.2) is 30.1 Å². The third-order valence-corrected chi connectivity index (χ3v) is 3.64. The summed E-state index contributed by atoms with van der Waals surface area (Å²) in [6.45, 7) is 0.138. The Bertz CT molecular complexity index is 611. The lowest BCUT2D eigenvalue weighted by Crippen LogP contribution is -2.27. The second kappa shape index (κ2) is 5.10. The average molecular weight is 269 g/mol. The highest BCUT2D eigenvalue weighted by molar-refractivity contribution is 7.89. The molecule has 2 aromatic rings. The van der Waals surface area contributed by atoms with Crippen molar-refractivity contribution in [3.05, 3.63) is 30.5 Å². The summed E-state index contributed by atoms with van der Waals surface area (Å²) < 4.78 is 30.9. The van der Waals surface area contributed by atoms with Crippen molar-refractivity contribution >= 4 is 15.8 Å². The fraction of sp³-hybridized carbons (Fsp3) is 0.222. The second-order valence-electron chi connectivity index (χ2n) is 3.37. The molecule has 9 heteroatoms. The molecule has 0 radical (unpaired) electrons. The number of aromatic nitrogens is 3. The minimum Gasteiger partial charge on any atom is -0.383 e. The standard InChI is InChI=1S/C9H11N5O3S/c10-9-7(2-1-4-11-9)18(15,16)14-5-3-8-12-6-13-17-8/h1-2,4,6,14H,3,5H2,(H2,10,11). The molecule has 0 aliphatic rings. The molecule has 0 atom stereocenters. The van der Waals surface area contributed by atoms with Gasteiger partial charge in [-0.15, -0.1) is 0 Å². The molecule has 8 nitrogen and oxygen atoms in total. The van der Waals surface area contributed by atoms with Gasteiger partial charge in [-0.1, -0.05) is 5.16 Å². The Kier molecular flexibility index (Phi) is 3.53. The first-order valence-corrected chi connectivity index (χ1v) is 6.53. The van der Waals surface area contributed by atoms with Crippen LogP contribution in [0.1, 0.15) is 5.89 Å². The number of nitrogens with zero attached hydrogens (tertiary/aromatic N) is 3. The monoisotopic (exact) mass is 269 g/mol. The summed E-state index contributed by atoms with van der Waals surface area (Å²) in [6.07, 6.45) is 2.98. The van der Waals surface area contributed by atoms with Crippen molar-refractivity contribution in [2.45, 2.75) is 11.3 Å². The van der Waals surface area contributed by atoms with E-state index < -0.39 is 10.0 Å². The van der Waals surface area contributed by atoms with Crippen LogP contribution in [0.25, 0.3) is 0 Å². The first kappa shape index (κ1) is 12.5. The Labute approximate surface area is 103 Å². The van der Waals surface area contributed by atoms with Gasteiger partial charge in [0.1, 0.15) is 10.7 Å². The topological polar surface area (TPSA) is 124 Å². The van der Waals surface area contributed by atoms with Gasteiger partial charge < -0.3 is 10.3 Å². The van der Waals surface area contributed by atoms with Crippen LogP contribution in [0.15, 0.2) is 34.1 Å². The Morgan fingerprint density at radius 1 is 1.39 bits per heavy atom. The molecule has 0 spiro atoms. The molecule has 18 heavy (non-hydrogen) atoms. The van der Waals surface area contributed by atoms with Crippen LogP contribution < -0.4 is 10.5 Å². The smallest absolute Gasteiger partial charge is 0.244 e. The number of nitrogens with two attached hydrogens (primary N) is 1. The number of rotatable bonds is 5. The maximum atomic E-state index is 11.9. The molecule has 0 saturated carbocycles. The van der Waals surface area contributed by atoms with Gasteiger partial charge in [0.05, 0.1) is 0 Å². The molecule has 96 valence electrons. The summed E-state index contributed by atoms with van der Waals surface area (Å²) >= 11 is 0. The molecule has 0 bridgehead atoms. The average Bonchev–Trinajstić information content (AvgIpc) is 2.82. The van der Waals surface area contributed by atoms with Gasteiger partial charge >= 0.3 is 0 Å². The highest BCUT2D eigenvalue weighted by Crippen LogP contribution is 2.13. The predicted molar refractivity (Wildman–Crippen MR) is 61.8 cm³/mol. The van der Waals surface area contributed by atoms with E-state index in [1.165, 1.54) is 24.7 Å². The maximum absolute atomic E-state index is 11.9. The van der Waals surface area contributed by atoms with Gasteiger partial charge in [0, 0.05) is 19.2 Å². The van der Waals surface area contributed by atoms with Crippen LogP contribution in [0.2, 0.25) is 0 Å². The summed E-state index contributed by atoms with van der Waals surface area (Å²) in [6, 6.07) is 2.89. The van der Waals surface area contributed by atoms with Crippen LogP contribution in [0, 0.1) is 0 Å². The molecule has 0 saturated heterocycles. The van der Waals surface area contributed by atoms with Gasteiger partial charge in [-0.25, -0.2) is 18.1 Å². The van der Waals surface area contributed by atoms with E-state index >= 15 is 0 Å². The van der Waals surface area contributed by atoms with Gasteiger partial charge in [-0.2, -0.15) is 4.98 Å². The lowest BCUT2D eigenvalue weighted by molar-refractivity contribution is 0.377. The SMILES string of the molecule is Nc1ncccc1S(=O)(=O)NCCc1ncno1. The third-order valence-electron chi connectivity index (χ3n) is 2.13. The summed E-state index contributed by atoms with van der Waals surface area (Å²) in [5.74, 6) is 0.319. The summed E-state index contributed by atoms with van der Waals surface area (Å²) in [4.78, 5) is 7.45. The van der Waals surface area contributed by atoms with Crippen molar-refractivity contribution < 1.29 is 12.9 Å². The first-order valence-electron chi connectivity index (χ1n) is 5.05. The highest BCUT2D eigenvalue weighted by Gasteiger charge is 2.17. The Hall–Kier alpha value is -2.00. The van der Waals surface area contributed by atoms with Crippen molar-refractivity contribution in [1.82, 2.24) is 19.8 Å². The van der Waals surface area contributed by atoms with E-state index in [9.17, 15) is 8.42 Å². The Morgan fingerprint density at radius 3 is 2.89 bits per heavy atom. The molecule has 3 N–H and O–H groups in total. The fourth-order valence-corrected chi connectivity index (χ4v) is 2.42. The van der Waals surface area contributed by atoms with Gasteiger partial charge in [-0.3, -0.25) is 0 Å². The quantitative estimate of drug-likeness (QED) is 0.754. The highest BCUT2D eigenvalue weighted by atomic mass is 32.2. The van der Waals surface area contributed by atoms with Crippen LogP contribution in [0.3, 0.4) is 0 Å². The number of nitrogens with one attached hydrogen (secondary N) is 1. The van der Waals surface area contributed by atoms with Crippen molar-refractivity contribution in [3.8, 4) is 0 Å². The van der Waals surface area contributed by atoms with Crippen molar-refractivity contribution in [2.24, 2.45) is 0 Å². The van der Waals surface area contributed by atoms with E-state index in [1.54, 1.807) is 0 Å². The van der Waals surface area contributed by atoms with Crippen LogP contribution in [-0.2, 0) is 16.4 Å². The molecular formula is C9H11N5O3S. The van der Waals surface area contributed by atoms with Gasteiger partial charge in [0.2, 0.25) is 15.9 Å². The lowest BCUT2D eigenvalue weighted by Gasteiger charge is -2.06. The van der Waals surface area contributed by atoms with Gasteiger partial charge in [-0.05, 0) is 12.1 Å². The molecule has 0 aromatic carbocycles. The van der Waals surface area contributed by atoms with E-state index in [2.05, 4.69) is 19.8 Å². The molecule has 0 aliphatic heterocycles. The largest absolute Gasteiger partial charge is 0.383 e. The molecule has 0 unspecified atom stereocenters. The Balaban J connectivity index is 2.02. The first-order chi connectivity index (χ1) is 8.59. The minimum absolute atomic E-state index is 0.0391. The second-order valence-corrected chi connectivity index (χ2v) is 5.10. The predicted octanol–water partition coefficient (Wildman–Crippen LogP) is -0.432. The van der Waals surface area contributed by atoms with E-state index in [1.807, 2.05) is 0 Å². The lowest BCUT2D eigenvalue weighted by atomic mass is 10.4. The van der Waals surface area contributed by atoms with Crippen molar-refractivity contribution in [1.29, 1.82) is 0 Å². The van der Waals surface area contributed by atoms with E-state index in [0.717, 1.165) is 0 Å². The van der Waals surface area contributed by atoms with Crippen molar-refractivity contribution in [3.63, 3.8) is 0 Å². The minimum atomic E-state index is -3.67. The Morgan fingerprint density at radius 2 is 2.22 bits per heavy atom. The van der Waals surface area contributed by atoms with Crippen molar-refractivity contribution in [2.75, 3.05) is 12.3 Å². The van der Waals surface area contributed by atoms with Crippen LogP contribution >= 0.6 is 0 Å². The number of anilines is 1. The van der Waals surface area contributed by atoms with Crippen LogP contribution in [0.5, 0.6) is 0 Å².